The van der Waals surface area contributed by atoms with E-state index < -0.39 is 0 Å². The number of ether oxygens (including phenoxy) is 2. The monoisotopic (exact) mass is 244 g/mol. The van der Waals surface area contributed by atoms with Gasteiger partial charge in [0.15, 0.2) is 0 Å². The van der Waals surface area contributed by atoms with E-state index in [0.29, 0.717) is 17.2 Å². The van der Waals surface area contributed by atoms with Gasteiger partial charge in [0.2, 0.25) is 0 Å². The van der Waals surface area contributed by atoms with Crippen LogP contribution in [0, 0.1) is 6.92 Å². The molecule has 1 aromatic rings. The van der Waals surface area contributed by atoms with Crippen LogP contribution < -0.4 is 9.47 Å². The first-order valence-corrected chi connectivity index (χ1v) is 5.54. The van der Waals surface area contributed by atoms with E-state index >= 15 is 0 Å². The Kier molecular flexibility index (Phi) is 4.90. The summed E-state index contributed by atoms with van der Waals surface area (Å²) in [5, 5.41) is 9.41. The maximum atomic E-state index is 8.83. The van der Waals surface area contributed by atoms with Crippen LogP contribution in [0.25, 0.3) is 0 Å². The Balaban J connectivity index is 3.18. The van der Waals surface area contributed by atoms with Crippen LogP contribution in [-0.4, -0.2) is 25.9 Å². The number of rotatable bonds is 5. The largest absolute Gasteiger partial charge is 0.496 e. The lowest BCUT2D eigenvalue weighted by Crippen LogP contribution is -2.00. The molecule has 0 heterocycles. The van der Waals surface area contributed by atoms with Crippen LogP contribution in [0.4, 0.5) is 0 Å². The molecule has 4 heteroatoms. The Morgan fingerprint density at radius 1 is 1.25 bits per heavy atom. The molecule has 16 heavy (non-hydrogen) atoms. The predicted molar refractivity (Wildman–Crippen MR) is 64.7 cm³/mol. The van der Waals surface area contributed by atoms with Crippen molar-refractivity contribution in [2.45, 2.75) is 19.8 Å². The van der Waals surface area contributed by atoms with Crippen LogP contribution >= 0.6 is 11.6 Å². The molecule has 90 valence electrons. The molecule has 1 rings (SSSR count). The number of benzene rings is 1. The number of hydrogen-bond donors (Lipinski definition) is 1. The summed E-state index contributed by atoms with van der Waals surface area (Å²) in [5.74, 6) is 1.43. The van der Waals surface area contributed by atoms with Crippen molar-refractivity contribution in [1.29, 1.82) is 0 Å². The van der Waals surface area contributed by atoms with Crippen LogP contribution in [0.2, 0.25) is 5.02 Å². The summed E-state index contributed by atoms with van der Waals surface area (Å²) in [6, 6.07) is 1.84. The molecule has 0 spiro atoms. The third-order valence-corrected chi connectivity index (χ3v) is 2.78. The third kappa shape index (κ3) is 2.60. The van der Waals surface area contributed by atoms with Crippen LogP contribution in [-0.2, 0) is 6.42 Å². The zero-order valence-electron chi connectivity index (χ0n) is 9.84. The average Bonchev–Trinajstić information content (AvgIpc) is 2.26. The van der Waals surface area contributed by atoms with Crippen LogP contribution in [0.1, 0.15) is 17.5 Å². The molecule has 0 unspecified atom stereocenters. The van der Waals surface area contributed by atoms with Crippen LogP contribution in [0.15, 0.2) is 6.07 Å². The molecule has 0 aliphatic carbocycles. The van der Waals surface area contributed by atoms with E-state index in [2.05, 4.69) is 0 Å². The number of hydrogen-bond acceptors (Lipinski definition) is 3. The van der Waals surface area contributed by atoms with Gasteiger partial charge in [-0.05, 0) is 31.4 Å². The molecule has 0 bridgehead atoms. The Hall–Kier alpha value is -0.930. The minimum absolute atomic E-state index is 0.159. The summed E-state index contributed by atoms with van der Waals surface area (Å²) in [6.07, 6.45) is 1.43. The molecule has 0 atom stereocenters. The first-order chi connectivity index (χ1) is 7.65. The van der Waals surface area contributed by atoms with Crippen molar-refractivity contribution in [3.8, 4) is 11.5 Å². The van der Waals surface area contributed by atoms with Crippen molar-refractivity contribution in [2.75, 3.05) is 20.8 Å². The highest BCUT2D eigenvalue weighted by Gasteiger charge is 2.15. The number of aliphatic hydroxyl groups is 1. The normalized spacial score (nSPS) is 10.3. The van der Waals surface area contributed by atoms with E-state index in [0.717, 1.165) is 23.3 Å². The highest BCUT2D eigenvalue weighted by molar-refractivity contribution is 6.32. The fourth-order valence-corrected chi connectivity index (χ4v) is 2.15. The maximum absolute atomic E-state index is 8.83. The lowest BCUT2D eigenvalue weighted by molar-refractivity contribution is 0.287. The van der Waals surface area contributed by atoms with E-state index in [1.165, 1.54) is 0 Å². The zero-order valence-corrected chi connectivity index (χ0v) is 10.6. The second kappa shape index (κ2) is 5.97. The van der Waals surface area contributed by atoms with Gasteiger partial charge in [-0.15, -0.1) is 0 Å². The van der Waals surface area contributed by atoms with Gasteiger partial charge >= 0.3 is 0 Å². The molecule has 0 amide bonds. The van der Waals surface area contributed by atoms with Crippen molar-refractivity contribution in [3.63, 3.8) is 0 Å². The van der Waals surface area contributed by atoms with Crippen molar-refractivity contribution in [1.82, 2.24) is 0 Å². The predicted octanol–water partition coefficient (Wildman–Crippen LogP) is 2.59. The summed E-state index contributed by atoms with van der Waals surface area (Å²) >= 11 is 6.10. The van der Waals surface area contributed by atoms with Gasteiger partial charge in [-0.3, -0.25) is 0 Å². The quantitative estimate of drug-likeness (QED) is 0.865. The zero-order chi connectivity index (χ0) is 12.1. The molecular formula is C12H17ClO3. The molecule has 1 aromatic carbocycles. The minimum Gasteiger partial charge on any atom is -0.496 e. The summed E-state index contributed by atoms with van der Waals surface area (Å²) in [5.41, 5.74) is 1.89. The van der Waals surface area contributed by atoms with Gasteiger partial charge in [-0.2, -0.15) is 0 Å². The van der Waals surface area contributed by atoms with E-state index in [9.17, 15) is 0 Å². The van der Waals surface area contributed by atoms with Gasteiger partial charge < -0.3 is 14.6 Å². The highest BCUT2D eigenvalue weighted by atomic mass is 35.5. The smallest absolute Gasteiger partial charge is 0.144 e. The molecule has 1 N–H and O–H groups in total. The van der Waals surface area contributed by atoms with Gasteiger partial charge in [0.25, 0.3) is 0 Å². The van der Waals surface area contributed by atoms with Gasteiger partial charge in [-0.25, -0.2) is 0 Å². The first-order valence-electron chi connectivity index (χ1n) is 5.16. The molecule has 0 aliphatic heterocycles. The summed E-state index contributed by atoms with van der Waals surface area (Å²) in [4.78, 5) is 0. The van der Waals surface area contributed by atoms with Gasteiger partial charge in [0, 0.05) is 12.2 Å². The average molecular weight is 245 g/mol. The molecular weight excluding hydrogens is 228 g/mol. The number of halogens is 1. The Morgan fingerprint density at radius 3 is 2.38 bits per heavy atom. The summed E-state index contributed by atoms with van der Waals surface area (Å²) in [6.45, 7) is 2.07. The second-order valence-corrected chi connectivity index (χ2v) is 3.94. The molecule has 3 nitrogen and oxygen atoms in total. The van der Waals surface area contributed by atoms with E-state index in [4.69, 9.17) is 26.2 Å². The van der Waals surface area contributed by atoms with Gasteiger partial charge in [0.05, 0.1) is 19.2 Å². The summed E-state index contributed by atoms with van der Waals surface area (Å²) in [7, 11) is 3.21. The fourth-order valence-electron chi connectivity index (χ4n) is 1.80. The van der Waals surface area contributed by atoms with Crippen molar-refractivity contribution in [2.24, 2.45) is 0 Å². The molecule has 0 aliphatic rings. The van der Waals surface area contributed by atoms with E-state index in [1.807, 2.05) is 13.0 Å². The standard InChI is InChI=1S/C12H17ClO3/c1-8-11(15-2)9(5-4-6-14)7-10(13)12(8)16-3/h7,14H,4-6H2,1-3H3. The van der Waals surface area contributed by atoms with Crippen molar-refractivity contribution < 1.29 is 14.6 Å². The molecule has 0 saturated carbocycles. The number of aliphatic hydroxyl groups excluding tert-OH is 1. The lowest BCUT2D eigenvalue weighted by atomic mass is 10.0. The first kappa shape index (κ1) is 13.1. The van der Waals surface area contributed by atoms with Crippen LogP contribution in [0.3, 0.4) is 0 Å². The Labute approximate surface area is 101 Å². The third-order valence-electron chi connectivity index (χ3n) is 2.50. The number of aryl methyl sites for hydroxylation is 1. The molecule has 0 radical (unpaired) electrons. The number of methoxy groups -OCH3 is 2. The Bertz CT molecular complexity index is 364. The minimum atomic E-state index is 0.159. The van der Waals surface area contributed by atoms with Crippen molar-refractivity contribution in [3.05, 3.63) is 22.2 Å². The van der Waals surface area contributed by atoms with E-state index in [-0.39, 0.29) is 6.61 Å². The van der Waals surface area contributed by atoms with Crippen LogP contribution in [0.5, 0.6) is 11.5 Å². The second-order valence-electron chi connectivity index (χ2n) is 3.54. The Morgan fingerprint density at radius 2 is 1.88 bits per heavy atom. The molecule has 0 saturated heterocycles. The topological polar surface area (TPSA) is 38.7 Å². The van der Waals surface area contributed by atoms with Gasteiger partial charge in [0.1, 0.15) is 11.5 Å². The van der Waals surface area contributed by atoms with E-state index in [1.54, 1.807) is 14.2 Å². The lowest BCUT2D eigenvalue weighted by Gasteiger charge is -2.15. The van der Waals surface area contributed by atoms with Gasteiger partial charge in [-0.1, -0.05) is 11.6 Å². The van der Waals surface area contributed by atoms with Crippen molar-refractivity contribution >= 4 is 11.6 Å². The molecule has 0 fully saturated rings. The fraction of sp³-hybridized carbons (Fsp3) is 0.500. The molecule has 0 aromatic heterocycles. The SMILES string of the molecule is COc1c(Cl)cc(CCCO)c(OC)c1C. The summed E-state index contributed by atoms with van der Waals surface area (Å²) < 4.78 is 10.6. The highest BCUT2D eigenvalue weighted by Crippen LogP contribution is 2.38. The maximum Gasteiger partial charge on any atom is 0.144 e.